The molecule has 3 heterocycles. The van der Waals surface area contributed by atoms with Gasteiger partial charge in [-0.1, -0.05) is 31.2 Å². The van der Waals surface area contributed by atoms with Crippen molar-refractivity contribution in [3.05, 3.63) is 76.9 Å². The molecule has 268 valence electrons. The summed E-state index contributed by atoms with van der Waals surface area (Å²) < 4.78 is 22.4. The van der Waals surface area contributed by atoms with Gasteiger partial charge in [-0.3, -0.25) is 9.59 Å². The minimum Gasteiger partial charge on any atom is -0.381 e. The van der Waals surface area contributed by atoms with Crippen molar-refractivity contribution in [2.24, 2.45) is 0 Å². The van der Waals surface area contributed by atoms with Crippen molar-refractivity contribution in [3.8, 4) is 11.1 Å². The van der Waals surface area contributed by atoms with Crippen LogP contribution in [0, 0.1) is 5.82 Å². The Labute approximate surface area is 294 Å². The van der Waals surface area contributed by atoms with Gasteiger partial charge in [0.25, 0.3) is 0 Å². The van der Waals surface area contributed by atoms with Gasteiger partial charge in [-0.15, -0.1) is 0 Å². The van der Waals surface area contributed by atoms with Crippen molar-refractivity contribution < 1.29 is 18.7 Å². The van der Waals surface area contributed by atoms with Gasteiger partial charge in [0.2, 0.25) is 11.8 Å². The van der Waals surface area contributed by atoms with Crippen LogP contribution in [0.5, 0.6) is 0 Å². The second kappa shape index (κ2) is 17.5. The molecular weight excluding hydrogens is 635 g/mol. The molecule has 0 radical (unpaired) electrons. The Morgan fingerprint density at radius 1 is 0.980 bits per heavy atom. The number of pyridine rings is 1. The number of likely N-dealkylation sites (N-methyl/N-ethyl adjacent to an activating group) is 2. The van der Waals surface area contributed by atoms with Crippen LogP contribution in [-0.2, 0) is 46.9 Å². The van der Waals surface area contributed by atoms with E-state index in [-0.39, 0.29) is 31.4 Å². The zero-order valence-corrected chi connectivity index (χ0v) is 30.0. The Morgan fingerprint density at radius 3 is 2.46 bits per heavy atom. The number of aromatic nitrogens is 3. The van der Waals surface area contributed by atoms with E-state index < -0.39 is 11.8 Å². The van der Waals surface area contributed by atoms with Gasteiger partial charge in [0, 0.05) is 75.3 Å². The Kier molecular flexibility index (Phi) is 12.9. The average molecular weight is 687 g/mol. The summed E-state index contributed by atoms with van der Waals surface area (Å²) in [5, 5.41) is 14.9. The number of fused-ring (bicyclic) bond motifs is 1. The number of carbonyl (C=O) groups is 2. The molecule has 1 fully saturated rings. The van der Waals surface area contributed by atoms with Crippen LogP contribution in [0.1, 0.15) is 55.5 Å². The van der Waals surface area contributed by atoms with Crippen LogP contribution < -0.4 is 16.0 Å². The lowest BCUT2D eigenvalue weighted by molar-refractivity contribution is -0.129. The van der Waals surface area contributed by atoms with Crippen molar-refractivity contribution in [1.82, 2.24) is 35.2 Å². The highest BCUT2D eigenvalue weighted by atomic mass is 19.1. The van der Waals surface area contributed by atoms with Gasteiger partial charge < -0.3 is 30.5 Å². The predicted molar refractivity (Wildman–Crippen MR) is 195 cm³/mol. The van der Waals surface area contributed by atoms with Gasteiger partial charge in [-0.25, -0.2) is 14.1 Å². The second-order valence-electron chi connectivity index (χ2n) is 13.3. The molecule has 11 nitrogen and oxygen atoms in total. The predicted octanol–water partition coefficient (Wildman–Crippen LogP) is 4.73. The number of carbonyl (C=O) groups excluding carboxylic acids is 2. The molecule has 3 N–H and O–H groups in total. The van der Waals surface area contributed by atoms with Crippen LogP contribution in [0.25, 0.3) is 22.2 Å². The molecule has 0 bridgehead atoms. The third kappa shape index (κ3) is 9.64. The number of amides is 2. The number of halogens is 1. The average Bonchev–Trinajstić information content (AvgIpc) is 3.53. The summed E-state index contributed by atoms with van der Waals surface area (Å²) in [6, 6.07) is 13.0. The third-order valence-electron chi connectivity index (χ3n) is 9.10. The smallest absolute Gasteiger partial charge is 0.229 e. The normalized spacial score (nSPS) is 13.7. The molecule has 5 rings (SSSR count). The fraction of sp³-hybridized carbons (Fsp3) is 0.474. The van der Waals surface area contributed by atoms with Crippen LogP contribution in [0.2, 0.25) is 0 Å². The largest absolute Gasteiger partial charge is 0.381 e. The van der Waals surface area contributed by atoms with E-state index >= 15 is 0 Å². The van der Waals surface area contributed by atoms with E-state index in [0.717, 1.165) is 77.1 Å². The highest BCUT2D eigenvalue weighted by molar-refractivity contribution is 5.97. The van der Waals surface area contributed by atoms with Gasteiger partial charge in [-0.05, 0) is 82.2 Å². The molecule has 2 aromatic heterocycles. The van der Waals surface area contributed by atoms with Gasteiger partial charge in [0.05, 0.1) is 17.3 Å². The van der Waals surface area contributed by atoms with Crippen molar-refractivity contribution in [2.45, 2.75) is 71.8 Å². The first-order chi connectivity index (χ1) is 24.1. The SMILES string of the molecule is CCc1nc2c(cnn2CC)c(NC2CCOCC2)c1CNC(=O)CC(=O)NCc1ccc(F)c(-c2cccc(CN(C)CCN(C)C)c2)c1. The summed E-state index contributed by atoms with van der Waals surface area (Å²) in [6.07, 6.45) is 3.95. The molecule has 50 heavy (non-hydrogen) atoms. The Balaban J connectivity index is 1.20. The lowest BCUT2D eigenvalue weighted by atomic mass is 10.00. The van der Waals surface area contributed by atoms with Gasteiger partial charge in [0.15, 0.2) is 5.65 Å². The molecule has 0 spiro atoms. The highest BCUT2D eigenvalue weighted by Gasteiger charge is 2.22. The first-order valence-corrected chi connectivity index (χ1v) is 17.6. The van der Waals surface area contributed by atoms with E-state index in [0.29, 0.717) is 31.7 Å². The van der Waals surface area contributed by atoms with Crippen molar-refractivity contribution >= 4 is 28.5 Å². The van der Waals surface area contributed by atoms with E-state index in [4.69, 9.17) is 9.72 Å². The molecule has 4 aromatic rings. The summed E-state index contributed by atoms with van der Waals surface area (Å²) in [7, 11) is 6.18. The molecule has 0 saturated carbocycles. The number of hydrogen-bond acceptors (Lipinski definition) is 8. The van der Waals surface area contributed by atoms with E-state index in [9.17, 15) is 14.0 Å². The van der Waals surface area contributed by atoms with Crippen molar-refractivity contribution in [3.63, 3.8) is 0 Å². The molecule has 0 unspecified atom stereocenters. The number of aryl methyl sites for hydroxylation is 2. The fourth-order valence-electron chi connectivity index (χ4n) is 6.26. The number of anilines is 1. The van der Waals surface area contributed by atoms with E-state index in [2.05, 4.69) is 52.0 Å². The third-order valence-corrected chi connectivity index (χ3v) is 9.10. The molecule has 2 aromatic carbocycles. The summed E-state index contributed by atoms with van der Waals surface area (Å²) in [6.45, 7) is 9.20. The van der Waals surface area contributed by atoms with Crippen LogP contribution >= 0.6 is 0 Å². The fourth-order valence-corrected chi connectivity index (χ4v) is 6.26. The summed E-state index contributed by atoms with van der Waals surface area (Å²) in [4.78, 5) is 35.2. The molecule has 0 atom stereocenters. The first kappa shape index (κ1) is 36.9. The van der Waals surface area contributed by atoms with Crippen LogP contribution in [0.15, 0.2) is 48.7 Å². The van der Waals surface area contributed by atoms with Crippen LogP contribution in [0.4, 0.5) is 10.1 Å². The zero-order chi connectivity index (χ0) is 35.6. The maximum absolute atomic E-state index is 15.0. The van der Waals surface area contributed by atoms with Gasteiger partial charge >= 0.3 is 0 Å². The van der Waals surface area contributed by atoms with E-state index in [1.54, 1.807) is 12.1 Å². The molecule has 1 saturated heterocycles. The van der Waals surface area contributed by atoms with Crippen molar-refractivity contribution in [1.29, 1.82) is 0 Å². The van der Waals surface area contributed by atoms with Crippen LogP contribution in [-0.4, -0.2) is 89.9 Å². The Bertz CT molecular complexity index is 1770. The topological polar surface area (TPSA) is 117 Å². The highest BCUT2D eigenvalue weighted by Crippen LogP contribution is 2.31. The van der Waals surface area contributed by atoms with Crippen molar-refractivity contribution in [2.75, 3.05) is 52.8 Å². The number of rotatable bonds is 16. The van der Waals surface area contributed by atoms with E-state index in [1.165, 1.54) is 6.07 Å². The molecule has 2 amide bonds. The summed E-state index contributed by atoms with van der Waals surface area (Å²) in [5.41, 5.74) is 6.61. The Hall–Kier alpha value is -4.39. The molecule has 0 aliphatic carbocycles. The first-order valence-electron chi connectivity index (χ1n) is 17.6. The molecule has 1 aliphatic heterocycles. The van der Waals surface area contributed by atoms with Gasteiger partial charge in [0.1, 0.15) is 12.2 Å². The number of nitrogens with zero attached hydrogens (tertiary/aromatic N) is 5. The summed E-state index contributed by atoms with van der Waals surface area (Å²) in [5.74, 6) is -1.13. The second-order valence-corrected chi connectivity index (χ2v) is 13.3. The number of ether oxygens (including phenoxy) is 1. The Morgan fingerprint density at radius 2 is 1.74 bits per heavy atom. The lowest BCUT2D eigenvalue weighted by Crippen LogP contribution is -2.32. The van der Waals surface area contributed by atoms with Crippen LogP contribution in [0.3, 0.4) is 0 Å². The molecular formula is C38H51FN8O3. The molecule has 12 heteroatoms. The number of hydrogen-bond donors (Lipinski definition) is 3. The lowest BCUT2D eigenvalue weighted by Gasteiger charge is -2.26. The minimum atomic E-state index is -0.412. The zero-order valence-electron chi connectivity index (χ0n) is 30.0. The minimum absolute atomic E-state index is 0.174. The van der Waals surface area contributed by atoms with E-state index in [1.807, 2.05) is 49.0 Å². The number of nitrogens with one attached hydrogen (secondary N) is 3. The molecule has 1 aliphatic rings. The summed E-state index contributed by atoms with van der Waals surface area (Å²) >= 11 is 0. The quantitative estimate of drug-likeness (QED) is 0.145. The number of benzene rings is 2. The standard InChI is InChI=1S/C38H51FN8O3/c1-6-34-31(37(43-29-13-17-50-18-14-29)32-24-42-47(7-2)38(32)44-34)23-41-36(49)21-35(48)40-22-26-11-12-33(39)30(20-26)28-10-8-9-27(19-28)25-46(5)16-15-45(3)4/h8-12,19-20,24,29H,6-7,13-18,21-23,25H2,1-5H3,(H,40,48)(H,41,49)(H,43,44). The van der Waals surface area contributed by atoms with Gasteiger partial charge in [-0.2, -0.15) is 5.10 Å². The monoisotopic (exact) mass is 686 g/mol. The maximum Gasteiger partial charge on any atom is 0.229 e. The maximum atomic E-state index is 15.0.